The number of aromatic nitrogens is 1. The standard InChI is InChI=1S/C9H10BrNO2S/c1-9(2,8(12)13)14-7-4-3-6(10)5-11-7/h3-5H,1-2H3,(H,12,13). The van der Waals surface area contributed by atoms with Crippen molar-refractivity contribution in [2.24, 2.45) is 0 Å². The molecule has 1 aromatic rings. The molecule has 0 aromatic carbocycles. The Balaban J connectivity index is 2.79. The van der Waals surface area contributed by atoms with Crippen LogP contribution in [0.5, 0.6) is 0 Å². The second kappa shape index (κ2) is 4.31. The highest BCUT2D eigenvalue weighted by atomic mass is 79.9. The summed E-state index contributed by atoms with van der Waals surface area (Å²) in [5.74, 6) is -0.841. The molecule has 0 atom stereocenters. The largest absolute Gasteiger partial charge is 0.480 e. The number of rotatable bonds is 3. The monoisotopic (exact) mass is 275 g/mol. The second-order valence-corrected chi connectivity index (χ2v) is 5.79. The molecule has 0 unspecified atom stereocenters. The molecule has 0 bridgehead atoms. The van der Waals surface area contributed by atoms with Crippen LogP contribution in [0, 0.1) is 0 Å². The molecule has 0 radical (unpaired) electrons. The van der Waals surface area contributed by atoms with Crippen LogP contribution in [-0.2, 0) is 4.79 Å². The van der Waals surface area contributed by atoms with Gasteiger partial charge in [-0.25, -0.2) is 4.98 Å². The van der Waals surface area contributed by atoms with Crippen molar-refractivity contribution < 1.29 is 9.90 Å². The number of nitrogens with zero attached hydrogens (tertiary/aromatic N) is 1. The molecule has 5 heteroatoms. The molecule has 0 aliphatic heterocycles. The smallest absolute Gasteiger partial charge is 0.319 e. The summed E-state index contributed by atoms with van der Waals surface area (Å²) in [5, 5.41) is 9.61. The Morgan fingerprint density at radius 3 is 2.64 bits per heavy atom. The van der Waals surface area contributed by atoms with Crippen LogP contribution in [0.4, 0.5) is 0 Å². The van der Waals surface area contributed by atoms with Crippen molar-refractivity contribution in [3.05, 3.63) is 22.8 Å². The van der Waals surface area contributed by atoms with Crippen LogP contribution >= 0.6 is 27.7 Å². The van der Waals surface area contributed by atoms with Gasteiger partial charge in [-0.15, -0.1) is 0 Å². The molecule has 0 saturated carbocycles. The van der Waals surface area contributed by atoms with E-state index in [1.54, 1.807) is 26.1 Å². The number of carbonyl (C=O) groups is 1. The summed E-state index contributed by atoms with van der Waals surface area (Å²) in [4.78, 5) is 14.9. The van der Waals surface area contributed by atoms with E-state index in [4.69, 9.17) is 5.11 Å². The average Bonchev–Trinajstić information content (AvgIpc) is 2.08. The van der Waals surface area contributed by atoms with E-state index in [-0.39, 0.29) is 0 Å². The summed E-state index contributed by atoms with van der Waals surface area (Å²) >= 11 is 4.50. The van der Waals surface area contributed by atoms with Gasteiger partial charge >= 0.3 is 5.97 Å². The van der Waals surface area contributed by atoms with Crippen molar-refractivity contribution in [2.75, 3.05) is 0 Å². The van der Waals surface area contributed by atoms with Crippen molar-refractivity contribution in [2.45, 2.75) is 23.6 Å². The minimum absolute atomic E-state index is 0.709. The van der Waals surface area contributed by atoms with Crippen LogP contribution in [0.15, 0.2) is 27.8 Å². The number of carboxylic acid groups (broad SMARTS) is 1. The third-order valence-corrected chi connectivity index (χ3v) is 3.18. The molecule has 0 spiro atoms. The summed E-state index contributed by atoms with van der Waals surface area (Å²) in [5.41, 5.74) is 0. The fraction of sp³-hybridized carbons (Fsp3) is 0.333. The Labute approximate surface area is 95.1 Å². The summed E-state index contributed by atoms with van der Waals surface area (Å²) < 4.78 is 0.0378. The Hall–Kier alpha value is -0.550. The minimum atomic E-state index is -0.846. The highest BCUT2D eigenvalue weighted by Crippen LogP contribution is 2.31. The van der Waals surface area contributed by atoms with Crippen LogP contribution in [0.3, 0.4) is 0 Å². The number of thioether (sulfide) groups is 1. The molecule has 0 saturated heterocycles. The van der Waals surface area contributed by atoms with Gasteiger partial charge in [-0.05, 0) is 41.9 Å². The Kier molecular flexibility index (Phi) is 3.55. The molecule has 0 aliphatic rings. The van der Waals surface area contributed by atoms with E-state index in [1.807, 2.05) is 6.07 Å². The van der Waals surface area contributed by atoms with Crippen molar-refractivity contribution in [1.29, 1.82) is 0 Å². The molecule has 0 fully saturated rings. The zero-order valence-corrected chi connectivity index (χ0v) is 10.2. The first-order chi connectivity index (χ1) is 6.42. The van der Waals surface area contributed by atoms with E-state index >= 15 is 0 Å². The van der Waals surface area contributed by atoms with Crippen molar-refractivity contribution in [1.82, 2.24) is 4.98 Å². The number of carboxylic acids is 1. The van der Waals surface area contributed by atoms with Gasteiger partial charge in [0.15, 0.2) is 0 Å². The SMILES string of the molecule is CC(C)(Sc1ccc(Br)cn1)C(=O)O. The molecular weight excluding hydrogens is 266 g/mol. The first-order valence-corrected chi connectivity index (χ1v) is 5.57. The maximum Gasteiger partial charge on any atom is 0.319 e. The molecule has 76 valence electrons. The van der Waals surface area contributed by atoms with Crippen LogP contribution in [0.25, 0.3) is 0 Å². The zero-order chi connectivity index (χ0) is 10.8. The highest BCUT2D eigenvalue weighted by Gasteiger charge is 2.28. The van der Waals surface area contributed by atoms with Crippen molar-refractivity contribution >= 4 is 33.7 Å². The molecule has 1 N–H and O–H groups in total. The van der Waals surface area contributed by atoms with Gasteiger partial charge < -0.3 is 5.11 Å². The molecule has 3 nitrogen and oxygen atoms in total. The van der Waals surface area contributed by atoms with E-state index in [0.29, 0.717) is 5.03 Å². The fourth-order valence-corrected chi connectivity index (χ4v) is 1.81. The topological polar surface area (TPSA) is 50.2 Å². The third-order valence-electron chi connectivity index (χ3n) is 1.58. The van der Waals surface area contributed by atoms with Gasteiger partial charge in [0.1, 0.15) is 4.75 Å². The van der Waals surface area contributed by atoms with Crippen LogP contribution in [-0.4, -0.2) is 20.8 Å². The lowest BCUT2D eigenvalue weighted by atomic mass is 10.2. The maximum absolute atomic E-state index is 10.8. The van der Waals surface area contributed by atoms with Crippen LogP contribution in [0.2, 0.25) is 0 Å². The molecule has 1 rings (SSSR count). The summed E-state index contributed by atoms with van der Waals surface area (Å²) in [7, 11) is 0. The molecule has 1 heterocycles. The summed E-state index contributed by atoms with van der Waals surface area (Å²) in [6.07, 6.45) is 1.65. The van der Waals surface area contributed by atoms with Gasteiger partial charge in [-0.2, -0.15) is 0 Å². The van der Waals surface area contributed by atoms with Crippen LogP contribution in [0.1, 0.15) is 13.8 Å². The minimum Gasteiger partial charge on any atom is -0.480 e. The van der Waals surface area contributed by atoms with Crippen molar-refractivity contribution in [3.8, 4) is 0 Å². The summed E-state index contributed by atoms with van der Waals surface area (Å²) in [6, 6.07) is 3.63. The highest BCUT2D eigenvalue weighted by molar-refractivity contribution is 9.10. The van der Waals surface area contributed by atoms with Gasteiger partial charge in [0.25, 0.3) is 0 Å². The quantitative estimate of drug-likeness (QED) is 0.862. The first kappa shape index (κ1) is 11.5. The van der Waals surface area contributed by atoms with E-state index < -0.39 is 10.7 Å². The van der Waals surface area contributed by atoms with Gasteiger partial charge in [0, 0.05) is 10.7 Å². The van der Waals surface area contributed by atoms with E-state index in [0.717, 1.165) is 4.47 Å². The Morgan fingerprint density at radius 1 is 1.57 bits per heavy atom. The Morgan fingerprint density at radius 2 is 2.21 bits per heavy atom. The van der Waals surface area contributed by atoms with Gasteiger partial charge in [-0.3, -0.25) is 4.79 Å². The van der Waals surface area contributed by atoms with E-state index in [1.165, 1.54) is 11.8 Å². The molecule has 1 aromatic heterocycles. The number of pyridine rings is 1. The molecule has 0 amide bonds. The predicted octanol–water partition coefficient (Wildman–Crippen LogP) is 2.80. The third kappa shape index (κ3) is 2.99. The number of hydrogen-bond donors (Lipinski definition) is 1. The molecule has 0 aliphatic carbocycles. The van der Waals surface area contributed by atoms with Gasteiger partial charge in [-0.1, -0.05) is 11.8 Å². The first-order valence-electron chi connectivity index (χ1n) is 3.96. The van der Waals surface area contributed by atoms with Crippen molar-refractivity contribution in [3.63, 3.8) is 0 Å². The van der Waals surface area contributed by atoms with Gasteiger partial charge in [0.05, 0.1) is 5.03 Å². The molecule has 14 heavy (non-hydrogen) atoms. The van der Waals surface area contributed by atoms with Crippen LogP contribution < -0.4 is 0 Å². The average molecular weight is 276 g/mol. The predicted molar refractivity (Wildman–Crippen MR) is 59.5 cm³/mol. The molecular formula is C9H10BrNO2S. The lowest BCUT2D eigenvalue weighted by Gasteiger charge is -2.17. The van der Waals surface area contributed by atoms with Gasteiger partial charge in [0.2, 0.25) is 0 Å². The van der Waals surface area contributed by atoms with E-state index in [2.05, 4.69) is 20.9 Å². The number of aliphatic carboxylic acids is 1. The second-order valence-electron chi connectivity index (χ2n) is 3.23. The number of hydrogen-bond acceptors (Lipinski definition) is 3. The number of halogens is 1. The lowest BCUT2D eigenvalue weighted by molar-refractivity contribution is -0.138. The normalized spacial score (nSPS) is 11.4. The van der Waals surface area contributed by atoms with E-state index in [9.17, 15) is 4.79 Å². The lowest BCUT2D eigenvalue weighted by Crippen LogP contribution is -2.27. The Bertz CT molecular complexity index is 337. The fourth-order valence-electron chi connectivity index (χ4n) is 0.728. The zero-order valence-electron chi connectivity index (χ0n) is 7.82. The maximum atomic E-state index is 10.8. The summed E-state index contributed by atoms with van der Waals surface area (Å²) in [6.45, 7) is 3.31.